The standard InChI is InChI=1S/C13H21NO3/c15-13(9-2-1-3-9)14-10-4-5-11-12(8-10)17-7-6-16-11/h9-12H,1-8H2,(H,14,15)/t10-,11+,12+/m1/s1. The summed E-state index contributed by atoms with van der Waals surface area (Å²) in [7, 11) is 0. The molecule has 1 aliphatic heterocycles. The van der Waals surface area contributed by atoms with Crippen molar-refractivity contribution < 1.29 is 14.3 Å². The highest BCUT2D eigenvalue weighted by Crippen LogP contribution is 2.29. The third-order valence-corrected chi connectivity index (χ3v) is 4.30. The highest BCUT2D eigenvalue weighted by atomic mass is 16.6. The van der Waals surface area contributed by atoms with Crippen LogP contribution < -0.4 is 5.32 Å². The Morgan fingerprint density at radius 2 is 1.76 bits per heavy atom. The van der Waals surface area contributed by atoms with Gasteiger partial charge < -0.3 is 14.8 Å². The van der Waals surface area contributed by atoms with Crippen molar-refractivity contribution in [3.05, 3.63) is 0 Å². The Hall–Kier alpha value is -0.610. The quantitative estimate of drug-likeness (QED) is 0.788. The lowest BCUT2D eigenvalue weighted by Gasteiger charge is -2.39. The average molecular weight is 239 g/mol. The number of fused-ring (bicyclic) bond motifs is 1. The van der Waals surface area contributed by atoms with Crippen LogP contribution in [0, 0.1) is 5.92 Å². The molecule has 3 fully saturated rings. The first-order valence-electron chi connectivity index (χ1n) is 6.86. The largest absolute Gasteiger partial charge is 0.373 e. The van der Waals surface area contributed by atoms with Crippen molar-refractivity contribution in [2.24, 2.45) is 5.92 Å². The van der Waals surface area contributed by atoms with Gasteiger partial charge in [0.05, 0.1) is 25.4 Å². The molecule has 1 saturated heterocycles. The van der Waals surface area contributed by atoms with Crippen molar-refractivity contribution in [2.45, 2.75) is 56.8 Å². The van der Waals surface area contributed by atoms with Crippen molar-refractivity contribution in [3.63, 3.8) is 0 Å². The topological polar surface area (TPSA) is 47.6 Å². The number of carbonyl (C=O) groups excluding carboxylic acids is 1. The zero-order valence-electron chi connectivity index (χ0n) is 10.2. The SMILES string of the molecule is O=C(N[C@@H]1CC[C@@H]2OCCO[C@H]2C1)C1CCC1. The molecular formula is C13H21NO3. The highest BCUT2D eigenvalue weighted by Gasteiger charge is 2.35. The van der Waals surface area contributed by atoms with E-state index in [1.807, 2.05) is 0 Å². The van der Waals surface area contributed by atoms with Gasteiger partial charge in [-0.2, -0.15) is 0 Å². The molecule has 3 rings (SSSR count). The minimum absolute atomic E-state index is 0.198. The Morgan fingerprint density at radius 1 is 1.00 bits per heavy atom. The molecule has 4 heteroatoms. The minimum Gasteiger partial charge on any atom is -0.373 e. The third kappa shape index (κ3) is 2.47. The molecule has 0 spiro atoms. The molecule has 1 amide bonds. The summed E-state index contributed by atoms with van der Waals surface area (Å²) < 4.78 is 11.4. The van der Waals surface area contributed by atoms with E-state index < -0.39 is 0 Å². The fourth-order valence-corrected chi connectivity index (χ4v) is 2.99. The van der Waals surface area contributed by atoms with Crippen LogP contribution in [-0.2, 0) is 14.3 Å². The van der Waals surface area contributed by atoms with Crippen LogP contribution in [-0.4, -0.2) is 37.4 Å². The maximum atomic E-state index is 11.9. The molecule has 0 radical (unpaired) electrons. The minimum atomic E-state index is 0.198. The van der Waals surface area contributed by atoms with E-state index in [1.165, 1.54) is 6.42 Å². The van der Waals surface area contributed by atoms with Crippen molar-refractivity contribution >= 4 is 5.91 Å². The van der Waals surface area contributed by atoms with E-state index in [1.54, 1.807) is 0 Å². The molecule has 0 aromatic rings. The molecule has 3 atom stereocenters. The van der Waals surface area contributed by atoms with E-state index in [0.717, 1.165) is 38.7 Å². The Labute approximate surface area is 102 Å². The molecule has 1 heterocycles. The summed E-state index contributed by atoms with van der Waals surface area (Å²) in [6.07, 6.45) is 6.79. The van der Waals surface area contributed by atoms with Gasteiger partial charge in [0.2, 0.25) is 5.91 Å². The van der Waals surface area contributed by atoms with E-state index in [2.05, 4.69) is 5.32 Å². The van der Waals surface area contributed by atoms with Gasteiger partial charge >= 0.3 is 0 Å². The van der Waals surface area contributed by atoms with Gasteiger partial charge in [-0.1, -0.05) is 6.42 Å². The summed E-state index contributed by atoms with van der Waals surface area (Å²) in [5.41, 5.74) is 0. The first-order chi connectivity index (χ1) is 8.33. The summed E-state index contributed by atoms with van der Waals surface area (Å²) in [6, 6.07) is 0.297. The Balaban J connectivity index is 1.49. The van der Waals surface area contributed by atoms with Gasteiger partial charge in [0.15, 0.2) is 0 Å². The van der Waals surface area contributed by atoms with Gasteiger partial charge in [0.1, 0.15) is 0 Å². The highest BCUT2D eigenvalue weighted by molar-refractivity contribution is 5.79. The van der Waals surface area contributed by atoms with Crippen LogP contribution in [0.15, 0.2) is 0 Å². The van der Waals surface area contributed by atoms with Crippen LogP contribution in [0.2, 0.25) is 0 Å². The third-order valence-electron chi connectivity index (χ3n) is 4.30. The summed E-state index contributed by atoms with van der Waals surface area (Å²) in [5, 5.41) is 3.18. The van der Waals surface area contributed by atoms with Gasteiger partial charge in [-0.3, -0.25) is 4.79 Å². The molecule has 96 valence electrons. The lowest BCUT2D eigenvalue weighted by molar-refractivity contribution is -0.159. The number of ether oxygens (including phenoxy) is 2. The zero-order valence-corrected chi connectivity index (χ0v) is 10.2. The van der Waals surface area contributed by atoms with Gasteiger partial charge in [0.25, 0.3) is 0 Å². The van der Waals surface area contributed by atoms with E-state index in [-0.39, 0.29) is 24.0 Å². The number of rotatable bonds is 2. The fraction of sp³-hybridized carbons (Fsp3) is 0.923. The maximum Gasteiger partial charge on any atom is 0.223 e. The Kier molecular flexibility index (Phi) is 3.34. The molecule has 0 aromatic carbocycles. The molecule has 17 heavy (non-hydrogen) atoms. The lowest BCUT2D eigenvalue weighted by atomic mass is 9.83. The van der Waals surface area contributed by atoms with Crippen LogP contribution in [0.3, 0.4) is 0 Å². The zero-order chi connectivity index (χ0) is 11.7. The van der Waals surface area contributed by atoms with Gasteiger partial charge in [-0.05, 0) is 32.1 Å². The average Bonchev–Trinajstić information content (AvgIpc) is 2.26. The van der Waals surface area contributed by atoms with Crippen LogP contribution in [0.4, 0.5) is 0 Å². The van der Waals surface area contributed by atoms with Crippen molar-refractivity contribution in [2.75, 3.05) is 13.2 Å². The molecule has 4 nitrogen and oxygen atoms in total. The van der Waals surface area contributed by atoms with Gasteiger partial charge in [-0.25, -0.2) is 0 Å². The first-order valence-corrected chi connectivity index (χ1v) is 6.86. The smallest absolute Gasteiger partial charge is 0.223 e. The molecule has 3 aliphatic rings. The molecule has 0 unspecified atom stereocenters. The van der Waals surface area contributed by atoms with Gasteiger partial charge in [0, 0.05) is 12.0 Å². The second kappa shape index (κ2) is 4.94. The molecule has 2 aliphatic carbocycles. The van der Waals surface area contributed by atoms with E-state index in [4.69, 9.17) is 9.47 Å². The second-order valence-electron chi connectivity index (χ2n) is 5.46. The molecule has 0 aromatic heterocycles. The maximum absolute atomic E-state index is 11.9. The van der Waals surface area contributed by atoms with Crippen LogP contribution in [0.5, 0.6) is 0 Å². The second-order valence-corrected chi connectivity index (χ2v) is 5.46. The molecule has 1 N–H and O–H groups in total. The molecule has 0 bridgehead atoms. The summed E-state index contributed by atoms with van der Waals surface area (Å²) >= 11 is 0. The lowest BCUT2D eigenvalue weighted by Crippen LogP contribution is -2.50. The summed E-state index contributed by atoms with van der Waals surface area (Å²) in [6.45, 7) is 1.42. The normalized spacial score (nSPS) is 38.0. The summed E-state index contributed by atoms with van der Waals surface area (Å²) in [4.78, 5) is 11.9. The Morgan fingerprint density at radius 3 is 2.47 bits per heavy atom. The first kappa shape index (κ1) is 11.5. The van der Waals surface area contributed by atoms with Crippen LogP contribution in [0.1, 0.15) is 38.5 Å². The number of carbonyl (C=O) groups is 1. The van der Waals surface area contributed by atoms with E-state index in [9.17, 15) is 4.79 Å². The fourth-order valence-electron chi connectivity index (χ4n) is 2.99. The van der Waals surface area contributed by atoms with Crippen molar-refractivity contribution in [3.8, 4) is 0 Å². The molecular weight excluding hydrogens is 218 g/mol. The number of nitrogens with one attached hydrogen (secondary N) is 1. The predicted octanol–water partition coefficient (Wildman–Crippen LogP) is 1.24. The summed E-state index contributed by atoms with van der Waals surface area (Å²) in [5.74, 6) is 0.549. The Bertz CT molecular complexity index is 290. The van der Waals surface area contributed by atoms with Gasteiger partial charge in [-0.15, -0.1) is 0 Å². The number of amides is 1. The molecule has 2 saturated carbocycles. The van der Waals surface area contributed by atoms with E-state index in [0.29, 0.717) is 12.6 Å². The monoisotopic (exact) mass is 239 g/mol. The van der Waals surface area contributed by atoms with Crippen LogP contribution in [0.25, 0.3) is 0 Å². The van der Waals surface area contributed by atoms with E-state index >= 15 is 0 Å². The van der Waals surface area contributed by atoms with Crippen molar-refractivity contribution in [1.82, 2.24) is 5.32 Å². The van der Waals surface area contributed by atoms with Crippen LogP contribution >= 0.6 is 0 Å². The number of hydrogen-bond donors (Lipinski definition) is 1. The predicted molar refractivity (Wildman–Crippen MR) is 62.6 cm³/mol. The van der Waals surface area contributed by atoms with Crippen molar-refractivity contribution in [1.29, 1.82) is 0 Å². The number of hydrogen-bond acceptors (Lipinski definition) is 3.